The van der Waals surface area contributed by atoms with E-state index in [0.717, 1.165) is 15.2 Å². The van der Waals surface area contributed by atoms with E-state index in [1.807, 2.05) is 30.3 Å². The molecule has 2 N–H and O–H groups in total. The van der Waals surface area contributed by atoms with E-state index < -0.39 is 0 Å². The van der Waals surface area contributed by atoms with Gasteiger partial charge >= 0.3 is 0 Å². The second-order valence-electron chi connectivity index (χ2n) is 4.51. The fourth-order valence-corrected chi connectivity index (χ4v) is 3.02. The Morgan fingerprint density at radius 2 is 1.76 bits per heavy atom. The number of para-hydroxylation sites is 2. The van der Waals surface area contributed by atoms with Gasteiger partial charge in [0.1, 0.15) is 5.75 Å². The molecule has 0 unspecified atom stereocenters. The van der Waals surface area contributed by atoms with Crippen molar-refractivity contribution in [2.75, 3.05) is 0 Å². The number of aromatic hydroxyl groups is 1. The molecule has 102 valence electrons. The molecule has 0 saturated carbocycles. The molecular formula is C15H10N4OS. The highest BCUT2D eigenvalue weighted by atomic mass is 32.1. The molecule has 4 aromatic rings. The third kappa shape index (κ3) is 2.05. The normalized spacial score (nSPS) is 11.0. The standard InChI is InChI=1S/C15H10N4OS/c20-11-7-3-1-5-9(11)13-17-14(19-18-13)15-16-10-6-2-4-8-12(10)21-15/h1-8,20H,(H,17,18,19). The molecule has 2 aromatic heterocycles. The van der Waals surface area contributed by atoms with Crippen LogP contribution in [0.3, 0.4) is 0 Å². The van der Waals surface area contributed by atoms with E-state index in [1.165, 1.54) is 0 Å². The number of thiazole rings is 1. The van der Waals surface area contributed by atoms with Crippen molar-refractivity contribution in [2.24, 2.45) is 0 Å². The number of phenolic OH excluding ortho intramolecular Hbond substituents is 1. The van der Waals surface area contributed by atoms with Gasteiger partial charge in [0.05, 0.1) is 15.8 Å². The van der Waals surface area contributed by atoms with Gasteiger partial charge < -0.3 is 5.11 Å². The SMILES string of the molecule is Oc1ccccc1-c1n[nH]c(-c2nc3ccccc3s2)n1. The molecule has 0 atom stereocenters. The summed E-state index contributed by atoms with van der Waals surface area (Å²) < 4.78 is 1.10. The number of aromatic amines is 1. The van der Waals surface area contributed by atoms with Crippen LogP contribution in [0.25, 0.3) is 32.4 Å². The topological polar surface area (TPSA) is 74.7 Å². The third-order valence-electron chi connectivity index (χ3n) is 3.13. The minimum Gasteiger partial charge on any atom is -0.507 e. The summed E-state index contributed by atoms with van der Waals surface area (Å²) in [6.07, 6.45) is 0. The van der Waals surface area contributed by atoms with Gasteiger partial charge in [-0.2, -0.15) is 5.10 Å². The van der Waals surface area contributed by atoms with Crippen LogP contribution in [-0.2, 0) is 0 Å². The van der Waals surface area contributed by atoms with Crippen LogP contribution in [0.4, 0.5) is 0 Å². The molecule has 0 amide bonds. The third-order valence-corrected chi connectivity index (χ3v) is 4.17. The lowest BCUT2D eigenvalue weighted by atomic mass is 10.2. The van der Waals surface area contributed by atoms with Gasteiger partial charge in [0.15, 0.2) is 16.7 Å². The summed E-state index contributed by atoms with van der Waals surface area (Å²) >= 11 is 1.56. The van der Waals surface area contributed by atoms with Crippen molar-refractivity contribution >= 4 is 21.6 Å². The molecule has 21 heavy (non-hydrogen) atoms. The van der Waals surface area contributed by atoms with Crippen LogP contribution in [0.1, 0.15) is 0 Å². The number of aromatic nitrogens is 4. The van der Waals surface area contributed by atoms with E-state index in [1.54, 1.807) is 29.5 Å². The van der Waals surface area contributed by atoms with Crippen molar-refractivity contribution in [1.82, 2.24) is 20.2 Å². The van der Waals surface area contributed by atoms with Crippen LogP contribution in [0, 0.1) is 0 Å². The summed E-state index contributed by atoms with van der Waals surface area (Å²) in [6.45, 7) is 0. The van der Waals surface area contributed by atoms with Gasteiger partial charge in [-0.3, -0.25) is 5.10 Å². The van der Waals surface area contributed by atoms with Gasteiger partial charge in [0, 0.05) is 0 Å². The monoisotopic (exact) mass is 294 g/mol. The lowest BCUT2D eigenvalue weighted by molar-refractivity contribution is 0.477. The van der Waals surface area contributed by atoms with Crippen LogP contribution in [-0.4, -0.2) is 25.3 Å². The van der Waals surface area contributed by atoms with Crippen LogP contribution in [0.15, 0.2) is 48.5 Å². The zero-order valence-electron chi connectivity index (χ0n) is 10.8. The summed E-state index contributed by atoms with van der Waals surface area (Å²) in [7, 11) is 0. The first-order chi connectivity index (χ1) is 10.3. The zero-order chi connectivity index (χ0) is 14.2. The molecule has 0 aliphatic carbocycles. The van der Waals surface area contributed by atoms with Gasteiger partial charge in [-0.15, -0.1) is 11.3 Å². The molecule has 2 aromatic carbocycles. The lowest BCUT2D eigenvalue weighted by Gasteiger charge is -1.97. The number of phenols is 1. The Bertz CT molecular complexity index is 895. The van der Waals surface area contributed by atoms with Crippen molar-refractivity contribution in [2.45, 2.75) is 0 Å². The molecule has 2 heterocycles. The van der Waals surface area contributed by atoms with Crippen LogP contribution in [0.5, 0.6) is 5.75 Å². The molecule has 0 radical (unpaired) electrons. The first kappa shape index (κ1) is 12.0. The van der Waals surface area contributed by atoms with Crippen LogP contribution < -0.4 is 0 Å². The largest absolute Gasteiger partial charge is 0.507 e. The number of rotatable bonds is 2. The molecule has 0 bridgehead atoms. The molecule has 0 aliphatic heterocycles. The summed E-state index contributed by atoms with van der Waals surface area (Å²) in [6, 6.07) is 14.9. The molecule has 4 rings (SSSR count). The Morgan fingerprint density at radius 3 is 2.62 bits per heavy atom. The van der Waals surface area contributed by atoms with Crippen LogP contribution >= 0.6 is 11.3 Å². The predicted octanol–water partition coefficient (Wildman–Crippen LogP) is 3.45. The van der Waals surface area contributed by atoms with Crippen molar-refractivity contribution in [3.8, 4) is 28.0 Å². The highest BCUT2D eigenvalue weighted by Crippen LogP contribution is 2.30. The van der Waals surface area contributed by atoms with E-state index >= 15 is 0 Å². The smallest absolute Gasteiger partial charge is 0.185 e. The summed E-state index contributed by atoms with van der Waals surface area (Å²) in [5.41, 5.74) is 1.54. The minimum absolute atomic E-state index is 0.160. The summed E-state index contributed by atoms with van der Waals surface area (Å²) in [5, 5.41) is 17.7. The number of benzene rings is 2. The van der Waals surface area contributed by atoms with Gasteiger partial charge in [-0.1, -0.05) is 24.3 Å². The van der Waals surface area contributed by atoms with Gasteiger partial charge in [0.25, 0.3) is 0 Å². The number of hydrogen-bond donors (Lipinski definition) is 2. The van der Waals surface area contributed by atoms with Crippen molar-refractivity contribution in [1.29, 1.82) is 0 Å². The molecular weight excluding hydrogens is 284 g/mol. The first-order valence-corrected chi connectivity index (χ1v) is 7.19. The van der Waals surface area contributed by atoms with E-state index in [0.29, 0.717) is 17.2 Å². The quantitative estimate of drug-likeness (QED) is 0.593. The highest BCUT2D eigenvalue weighted by molar-refractivity contribution is 7.21. The number of hydrogen-bond acceptors (Lipinski definition) is 5. The maximum atomic E-state index is 9.85. The Morgan fingerprint density at radius 1 is 0.952 bits per heavy atom. The molecule has 0 spiro atoms. The van der Waals surface area contributed by atoms with E-state index in [9.17, 15) is 5.11 Å². The van der Waals surface area contributed by atoms with E-state index in [-0.39, 0.29) is 5.75 Å². The van der Waals surface area contributed by atoms with E-state index in [4.69, 9.17) is 0 Å². The average Bonchev–Trinajstić information content (AvgIpc) is 3.14. The minimum atomic E-state index is 0.160. The summed E-state index contributed by atoms with van der Waals surface area (Å²) in [5.74, 6) is 1.23. The van der Waals surface area contributed by atoms with Crippen LogP contribution in [0.2, 0.25) is 0 Å². The summed E-state index contributed by atoms with van der Waals surface area (Å²) in [4.78, 5) is 8.96. The second kappa shape index (κ2) is 4.68. The number of fused-ring (bicyclic) bond motifs is 1. The Labute approximate surface area is 123 Å². The molecule has 0 fully saturated rings. The Hall–Kier alpha value is -2.73. The van der Waals surface area contributed by atoms with Gasteiger partial charge in [-0.25, -0.2) is 9.97 Å². The van der Waals surface area contributed by atoms with E-state index in [2.05, 4.69) is 20.2 Å². The predicted molar refractivity (Wildman–Crippen MR) is 82.1 cm³/mol. The van der Waals surface area contributed by atoms with Crippen molar-refractivity contribution in [3.63, 3.8) is 0 Å². The maximum Gasteiger partial charge on any atom is 0.185 e. The fourth-order valence-electron chi connectivity index (χ4n) is 2.11. The van der Waals surface area contributed by atoms with Crippen molar-refractivity contribution < 1.29 is 5.11 Å². The molecule has 6 heteroatoms. The lowest BCUT2D eigenvalue weighted by Crippen LogP contribution is -1.81. The fraction of sp³-hybridized carbons (Fsp3) is 0. The average molecular weight is 294 g/mol. The number of H-pyrrole nitrogens is 1. The Balaban J connectivity index is 1.79. The maximum absolute atomic E-state index is 9.85. The van der Waals surface area contributed by atoms with Gasteiger partial charge in [-0.05, 0) is 24.3 Å². The van der Waals surface area contributed by atoms with Gasteiger partial charge in [0.2, 0.25) is 0 Å². The van der Waals surface area contributed by atoms with Crippen molar-refractivity contribution in [3.05, 3.63) is 48.5 Å². The number of nitrogens with one attached hydrogen (secondary N) is 1. The highest BCUT2D eigenvalue weighted by Gasteiger charge is 2.13. The number of nitrogens with zero attached hydrogens (tertiary/aromatic N) is 3. The zero-order valence-corrected chi connectivity index (χ0v) is 11.6. The molecule has 5 nitrogen and oxygen atoms in total. The molecule has 0 saturated heterocycles. The molecule has 0 aliphatic rings. The first-order valence-electron chi connectivity index (χ1n) is 6.38. The Kier molecular flexibility index (Phi) is 2.68. The second-order valence-corrected chi connectivity index (χ2v) is 5.54.